The Morgan fingerprint density at radius 2 is 2.00 bits per heavy atom. The zero-order chi connectivity index (χ0) is 22.6. The molecule has 2 aromatic rings. The number of imide groups is 1. The number of likely N-dealkylation sites (tertiary alicyclic amines) is 1. The van der Waals surface area contributed by atoms with E-state index in [0.717, 1.165) is 5.56 Å². The number of imidazole rings is 1. The third kappa shape index (κ3) is 5.49. The topological polar surface area (TPSA) is 120 Å². The van der Waals surface area contributed by atoms with Crippen LogP contribution in [0.2, 0.25) is 0 Å². The molecular weight excluding hydrogens is 398 g/mol. The van der Waals surface area contributed by atoms with Crippen LogP contribution in [-0.2, 0) is 34.4 Å². The summed E-state index contributed by atoms with van der Waals surface area (Å²) in [5, 5.41) is 2.27. The number of amides is 3. The van der Waals surface area contributed by atoms with Crippen molar-refractivity contribution in [1.82, 2.24) is 19.8 Å². The molecule has 166 valence electrons. The Kier molecular flexibility index (Phi) is 6.74. The van der Waals surface area contributed by atoms with Crippen LogP contribution in [0.1, 0.15) is 31.5 Å². The van der Waals surface area contributed by atoms with Crippen molar-refractivity contribution in [3.05, 3.63) is 54.1 Å². The lowest BCUT2D eigenvalue weighted by Crippen LogP contribution is -2.55. The quantitative estimate of drug-likeness (QED) is 0.719. The minimum atomic E-state index is -0.846. The van der Waals surface area contributed by atoms with Gasteiger partial charge in [0.15, 0.2) is 0 Å². The molecule has 3 amide bonds. The van der Waals surface area contributed by atoms with Gasteiger partial charge >= 0.3 is 6.09 Å². The van der Waals surface area contributed by atoms with Crippen molar-refractivity contribution >= 4 is 17.9 Å². The van der Waals surface area contributed by atoms with E-state index in [-0.39, 0.29) is 18.9 Å². The fourth-order valence-corrected chi connectivity index (χ4v) is 3.86. The normalized spacial score (nSPS) is 18.5. The van der Waals surface area contributed by atoms with Gasteiger partial charge in [-0.05, 0) is 17.4 Å². The first-order valence-corrected chi connectivity index (χ1v) is 10.2. The van der Waals surface area contributed by atoms with Crippen LogP contribution >= 0.6 is 0 Å². The maximum Gasteiger partial charge on any atom is 0.414 e. The maximum absolute atomic E-state index is 13.0. The first-order valence-electron chi connectivity index (χ1n) is 10.2. The van der Waals surface area contributed by atoms with Gasteiger partial charge in [-0.25, -0.2) is 9.78 Å². The number of nitrogens with one attached hydrogen (secondary N) is 1. The van der Waals surface area contributed by atoms with Crippen molar-refractivity contribution in [3.8, 4) is 0 Å². The van der Waals surface area contributed by atoms with E-state index < -0.39 is 29.5 Å². The molecule has 1 aromatic carbocycles. The number of nitrogens with zero attached hydrogens (tertiary/aromatic N) is 3. The zero-order valence-corrected chi connectivity index (χ0v) is 18.1. The van der Waals surface area contributed by atoms with Crippen LogP contribution in [0.3, 0.4) is 0 Å². The second kappa shape index (κ2) is 9.30. The van der Waals surface area contributed by atoms with Gasteiger partial charge in [-0.15, -0.1) is 0 Å². The van der Waals surface area contributed by atoms with Crippen molar-refractivity contribution in [2.45, 2.75) is 45.4 Å². The van der Waals surface area contributed by atoms with Crippen LogP contribution in [0.15, 0.2) is 42.9 Å². The molecule has 3 rings (SSSR count). The van der Waals surface area contributed by atoms with Gasteiger partial charge in [-0.2, -0.15) is 0 Å². The molecule has 0 spiro atoms. The standard InChI is InChI=1S/C22H29N5O4/c1-22(2)9-10-27(20(29)17(23)11-16-12-26(3)14-24-16)18(22)19(28)25-21(30)31-13-15-7-5-4-6-8-15/h4-8,12,14,17-18H,9-11,13,23H2,1-3H3,(H,25,28,30)/t17-,18?/m0/s1. The summed E-state index contributed by atoms with van der Waals surface area (Å²) in [5.41, 5.74) is 7.14. The Labute approximate surface area is 181 Å². The average Bonchev–Trinajstić information content (AvgIpc) is 3.28. The highest BCUT2D eigenvalue weighted by molar-refractivity contribution is 5.98. The molecule has 1 aliphatic rings. The second-order valence-corrected chi connectivity index (χ2v) is 8.56. The first kappa shape index (κ1) is 22.5. The molecule has 1 fully saturated rings. The SMILES string of the molecule is Cn1cnc(C[C@H](N)C(=O)N2CCC(C)(C)C2C(=O)NC(=O)OCc2ccccc2)c1. The van der Waals surface area contributed by atoms with E-state index >= 15 is 0 Å². The number of carbonyl (C=O) groups excluding carboxylic acids is 3. The summed E-state index contributed by atoms with van der Waals surface area (Å²) in [6.07, 6.45) is 3.48. The Morgan fingerprint density at radius 3 is 2.65 bits per heavy atom. The van der Waals surface area contributed by atoms with Gasteiger partial charge in [-0.1, -0.05) is 44.2 Å². The summed E-state index contributed by atoms with van der Waals surface area (Å²) < 4.78 is 6.92. The van der Waals surface area contributed by atoms with Gasteiger partial charge in [0, 0.05) is 26.2 Å². The number of aryl methyl sites for hydroxylation is 1. The highest BCUT2D eigenvalue weighted by Gasteiger charge is 2.48. The van der Waals surface area contributed by atoms with E-state index in [9.17, 15) is 14.4 Å². The lowest BCUT2D eigenvalue weighted by atomic mass is 9.84. The number of hydrogen-bond donors (Lipinski definition) is 2. The minimum absolute atomic E-state index is 0.0472. The summed E-state index contributed by atoms with van der Waals surface area (Å²) >= 11 is 0. The van der Waals surface area contributed by atoms with Crippen molar-refractivity contribution in [2.75, 3.05) is 6.54 Å². The van der Waals surface area contributed by atoms with Gasteiger partial charge in [0.25, 0.3) is 5.91 Å². The third-order valence-electron chi connectivity index (χ3n) is 5.52. The highest BCUT2D eigenvalue weighted by atomic mass is 16.5. The predicted molar refractivity (Wildman–Crippen MR) is 114 cm³/mol. The van der Waals surface area contributed by atoms with E-state index in [1.807, 2.05) is 51.2 Å². The smallest absolute Gasteiger partial charge is 0.414 e. The van der Waals surface area contributed by atoms with Gasteiger partial charge < -0.3 is 19.9 Å². The number of benzene rings is 1. The number of nitrogens with two attached hydrogens (primary N) is 1. The molecule has 31 heavy (non-hydrogen) atoms. The lowest BCUT2D eigenvalue weighted by Gasteiger charge is -2.32. The van der Waals surface area contributed by atoms with E-state index in [1.54, 1.807) is 17.1 Å². The average molecular weight is 428 g/mol. The van der Waals surface area contributed by atoms with Gasteiger partial charge in [-0.3, -0.25) is 14.9 Å². The predicted octanol–water partition coefficient (Wildman–Crippen LogP) is 1.37. The van der Waals surface area contributed by atoms with Crippen molar-refractivity contribution in [2.24, 2.45) is 18.2 Å². The largest absolute Gasteiger partial charge is 0.444 e. The fraction of sp³-hybridized carbons (Fsp3) is 0.455. The Balaban J connectivity index is 1.62. The number of rotatable bonds is 6. The Morgan fingerprint density at radius 1 is 1.29 bits per heavy atom. The van der Waals surface area contributed by atoms with Crippen LogP contribution in [0, 0.1) is 5.41 Å². The third-order valence-corrected chi connectivity index (χ3v) is 5.52. The van der Waals surface area contributed by atoms with E-state index in [0.29, 0.717) is 18.7 Å². The molecule has 0 saturated carbocycles. The van der Waals surface area contributed by atoms with Crippen molar-refractivity contribution in [3.63, 3.8) is 0 Å². The molecule has 0 bridgehead atoms. The van der Waals surface area contributed by atoms with E-state index in [1.165, 1.54) is 4.90 Å². The van der Waals surface area contributed by atoms with Crippen LogP contribution in [0.4, 0.5) is 4.79 Å². The van der Waals surface area contributed by atoms with Crippen LogP contribution in [-0.4, -0.2) is 51.0 Å². The minimum Gasteiger partial charge on any atom is -0.444 e. The molecule has 2 heterocycles. The Bertz CT molecular complexity index is 940. The molecule has 1 unspecified atom stereocenters. The maximum atomic E-state index is 13.0. The zero-order valence-electron chi connectivity index (χ0n) is 18.1. The molecule has 0 radical (unpaired) electrons. The van der Waals surface area contributed by atoms with Crippen LogP contribution in [0.25, 0.3) is 0 Å². The number of hydrogen-bond acceptors (Lipinski definition) is 6. The summed E-state index contributed by atoms with van der Waals surface area (Å²) in [4.78, 5) is 43.8. The van der Waals surface area contributed by atoms with Crippen molar-refractivity contribution < 1.29 is 19.1 Å². The number of aromatic nitrogens is 2. The summed E-state index contributed by atoms with van der Waals surface area (Å²) in [5.74, 6) is -0.909. The highest BCUT2D eigenvalue weighted by Crippen LogP contribution is 2.36. The molecule has 1 saturated heterocycles. The molecule has 1 aromatic heterocycles. The first-order chi connectivity index (χ1) is 14.7. The molecule has 2 atom stereocenters. The lowest BCUT2D eigenvalue weighted by molar-refractivity contribution is -0.141. The fourth-order valence-electron chi connectivity index (χ4n) is 3.86. The van der Waals surface area contributed by atoms with E-state index in [2.05, 4.69) is 10.3 Å². The van der Waals surface area contributed by atoms with Gasteiger partial charge in [0.1, 0.15) is 12.6 Å². The molecule has 1 aliphatic heterocycles. The number of carbonyl (C=O) groups is 3. The van der Waals surface area contributed by atoms with Gasteiger partial charge in [0.2, 0.25) is 5.91 Å². The Hall–Kier alpha value is -3.20. The molecule has 9 heteroatoms. The molecule has 0 aliphatic carbocycles. The van der Waals surface area contributed by atoms with Crippen LogP contribution in [0.5, 0.6) is 0 Å². The summed E-state index contributed by atoms with van der Waals surface area (Å²) in [7, 11) is 1.84. The molecular formula is C22H29N5O4. The second-order valence-electron chi connectivity index (χ2n) is 8.56. The molecule has 3 N–H and O–H groups in total. The number of ether oxygens (including phenoxy) is 1. The number of alkyl carbamates (subject to hydrolysis) is 1. The van der Waals surface area contributed by atoms with Crippen molar-refractivity contribution in [1.29, 1.82) is 0 Å². The summed E-state index contributed by atoms with van der Waals surface area (Å²) in [6.45, 7) is 4.22. The van der Waals surface area contributed by atoms with E-state index in [4.69, 9.17) is 10.5 Å². The summed E-state index contributed by atoms with van der Waals surface area (Å²) in [6, 6.07) is 7.51. The van der Waals surface area contributed by atoms with Crippen LogP contribution < -0.4 is 11.1 Å². The van der Waals surface area contributed by atoms with Gasteiger partial charge in [0.05, 0.1) is 18.1 Å². The molecule has 9 nitrogen and oxygen atoms in total. The monoisotopic (exact) mass is 427 g/mol.